The number of anilines is 1. The van der Waals surface area contributed by atoms with Crippen molar-refractivity contribution in [2.75, 3.05) is 11.9 Å². The van der Waals surface area contributed by atoms with Crippen LogP contribution in [0, 0.1) is 17.1 Å². The molecule has 0 aliphatic heterocycles. The molecule has 0 radical (unpaired) electrons. The molecule has 1 unspecified atom stereocenters. The summed E-state index contributed by atoms with van der Waals surface area (Å²) in [6, 6.07) is 5.90. The molecule has 1 N–H and O–H groups in total. The number of carbonyl (C=O) groups is 1. The molecule has 1 atom stereocenters. The van der Waals surface area contributed by atoms with Crippen LogP contribution in [-0.4, -0.2) is 24.2 Å². The van der Waals surface area contributed by atoms with Gasteiger partial charge in [0.15, 0.2) is 0 Å². The van der Waals surface area contributed by atoms with Gasteiger partial charge in [0.1, 0.15) is 11.4 Å². The molecule has 0 spiro atoms. The van der Waals surface area contributed by atoms with E-state index in [1.807, 2.05) is 6.07 Å². The highest BCUT2D eigenvalue weighted by Crippen LogP contribution is 2.24. The molecule has 0 heterocycles. The topological polar surface area (TPSA) is 64.3 Å². The second-order valence-electron chi connectivity index (χ2n) is 3.76. The number of hydrogen-bond donors (Lipinski definition) is 1. The molecule has 0 fully saturated rings. The van der Waals surface area contributed by atoms with Gasteiger partial charge in [-0.1, -0.05) is 6.07 Å². The first-order chi connectivity index (χ1) is 7.99. The Hall–Kier alpha value is -2.09. The van der Waals surface area contributed by atoms with Gasteiger partial charge in [0.05, 0.1) is 18.2 Å². The number of rotatable bonds is 4. The summed E-state index contributed by atoms with van der Waals surface area (Å²) in [5, 5.41) is 17.6. The van der Waals surface area contributed by atoms with Gasteiger partial charge in [-0.2, -0.15) is 5.26 Å². The van der Waals surface area contributed by atoms with Crippen molar-refractivity contribution in [1.29, 1.82) is 5.26 Å². The number of halogens is 1. The largest absolute Gasteiger partial charge is 0.478 e. The van der Waals surface area contributed by atoms with Gasteiger partial charge in [0.2, 0.25) is 0 Å². The summed E-state index contributed by atoms with van der Waals surface area (Å²) < 4.78 is 13.4. The second-order valence-corrected chi connectivity index (χ2v) is 3.76. The summed E-state index contributed by atoms with van der Waals surface area (Å²) in [6.07, 6.45) is 0.242. The summed E-state index contributed by atoms with van der Waals surface area (Å²) in [4.78, 5) is 12.6. The summed E-state index contributed by atoms with van der Waals surface area (Å²) in [7, 11) is 1.64. The SMILES string of the molecule is CC(CC#N)N(C)c1cccc(F)c1C(=O)O. The first-order valence-corrected chi connectivity index (χ1v) is 5.10. The molecule has 1 aromatic carbocycles. The Bertz CT molecular complexity index is 468. The lowest BCUT2D eigenvalue weighted by molar-refractivity contribution is 0.0692. The number of hydrogen-bond acceptors (Lipinski definition) is 3. The maximum absolute atomic E-state index is 13.4. The van der Waals surface area contributed by atoms with Crippen LogP contribution in [0.1, 0.15) is 23.7 Å². The van der Waals surface area contributed by atoms with Gasteiger partial charge in [-0.25, -0.2) is 9.18 Å². The van der Waals surface area contributed by atoms with E-state index in [9.17, 15) is 9.18 Å². The van der Waals surface area contributed by atoms with Crippen molar-refractivity contribution >= 4 is 11.7 Å². The van der Waals surface area contributed by atoms with Crippen molar-refractivity contribution in [3.63, 3.8) is 0 Å². The zero-order valence-corrected chi connectivity index (χ0v) is 9.64. The van der Waals surface area contributed by atoms with Crippen LogP contribution in [0.15, 0.2) is 18.2 Å². The fraction of sp³-hybridized carbons (Fsp3) is 0.333. The predicted molar refractivity (Wildman–Crippen MR) is 61.5 cm³/mol. The number of carboxylic acid groups (broad SMARTS) is 1. The van der Waals surface area contributed by atoms with Crippen LogP contribution in [0.25, 0.3) is 0 Å². The maximum Gasteiger partial charge on any atom is 0.340 e. The van der Waals surface area contributed by atoms with Crippen molar-refractivity contribution in [1.82, 2.24) is 0 Å². The summed E-state index contributed by atoms with van der Waals surface area (Å²) in [6.45, 7) is 1.78. The van der Waals surface area contributed by atoms with Crippen molar-refractivity contribution in [3.05, 3.63) is 29.6 Å². The van der Waals surface area contributed by atoms with Gasteiger partial charge in [0.25, 0.3) is 0 Å². The van der Waals surface area contributed by atoms with Gasteiger partial charge in [0, 0.05) is 13.1 Å². The number of benzene rings is 1. The average molecular weight is 236 g/mol. The zero-order valence-electron chi connectivity index (χ0n) is 9.64. The van der Waals surface area contributed by atoms with E-state index in [4.69, 9.17) is 10.4 Å². The Labute approximate surface area is 98.9 Å². The maximum atomic E-state index is 13.4. The van der Waals surface area contributed by atoms with E-state index in [0.29, 0.717) is 0 Å². The van der Waals surface area contributed by atoms with Gasteiger partial charge in [-0.3, -0.25) is 0 Å². The van der Waals surface area contributed by atoms with E-state index in [1.54, 1.807) is 18.9 Å². The third-order valence-electron chi connectivity index (χ3n) is 2.63. The minimum atomic E-state index is -1.31. The van der Waals surface area contributed by atoms with E-state index in [2.05, 4.69) is 0 Å². The molecular formula is C12H13FN2O2. The lowest BCUT2D eigenvalue weighted by Crippen LogP contribution is -2.30. The number of nitrogens with zero attached hydrogens (tertiary/aromatic N) is 2. The zero-order chi connectivity index (χ0) is 13.0. The minimum absolute atomic E-state index is 0.181. The van der Waals surface area contributed by atoms with E-state index < -0.39 is 11.8 Å². The standard InChI is InChI=1S/C12H13FN2O2/c1-8(6-7-14)15(2)10-5-3-4-9(13)11(10)12(16)17/h3-5,8H,6H2,1-2H3,(H,16,17). The number of carboxylic acids is 1. The van der Waals surface area contributed by atoms with Crippen LogP contribution in [-0.2, 0) is 0 Å². The molecule has 0 saturated heterocycles. The van der Waals surface area contributed by atoms with Crippen LogP contribution >= 0.6 is 0 Å². The number of aromatic carboxylic acids is 1. The van der Waals surface area contributed by atoms with E-state index in [0.717, 1.165) is 6.07 Å². The third-order valence-corrected chi connectivity index (χ3v) is 2.63. The highest BCUT2D eigenvalue weighted by atomic mass is 19.1. The third kappa shape index (κ3) is 2.72. The molecule has 0 amide bonds. The molecule has 0 bridgehead atoms. The molecule has 0 aliphatic carbocycles. The van der Waals surface area contributed by atoms with Crippen LogP contribution in [0.2, 0.25) is 0 Å². The highest BCUT2D eigenvalue weighted by molar-refractivity contribution is 5.94. The van der Waals surface area contributed by atoms with Gasteiger partial charge >= 0.3 is 5.97 Å². The van der Waals surface area contributed by atoms with Crippen LogP contribution in [0.5, 0.6) is 0 Å². The first kappa shape index (κ1) is 13.0. The highest BCUT2D eigenvalue weighted by Gasteiger charge is 2.20. The molecule has 17 heavy (non-hydrogen) atoms. The summed E-state index contributed by atoms with van der Waals surface area (Å²) >= 11 is 0. The lowest BCUT2D eigenvalue weighted by Gasteiger charge is -2.26. The fourth-order valence-electron chi connectivity index (χ4n) is 1.52. The number of nitriles is 1. The van der Waals surface area contributed by atoms with Crippen molar-refractivity contribution < 1.29 is 14.3 Å². The molecule has 0 saturated carbocycles. The van der Waals surface area contributed by atoms with Crippen LogP contribution in [0.3, 0.4) is 0 Å². The Morgan fingerprint density at radius 1 is 1.65 bits per heavy atom. The van der Waals surface area contributed by atoms with Gasteiger partial charge in [-0.15, -0.1) is 0 Å². The molecule has 0 aliphatic rings. The molecule has 4 nitrogen and oxygen atoms in total. The fourth-order valence-corrected chi connectivity index (χ4v) is 1.52. The lowest BCUT2D eigenvalue weighted by atomic mass is 10.1. The normalized spacial score (nSPS) is 11.6. The van der Waals surface area contributed by atoms with Crippen molar-refractivity contribution in [2.45, 2.75) is 19.4 Å². The second kappa shape index (κ2) is 5.30. The Balaban J connectivity index is 3.18. The monoisotopic (exact) mass is 236 g/mol. The van der Waals surface area contributed by atoms with Gasteiger partial charge < -0.3 is 10.0 Å². The van der Waals surface area contributed by atoms with E-state index in [1.165, 1.54) is 12.1 Å². The predicted octanol–water partition coefficient (Wildman–Crippen LogP) is 2.26. The molecule has 1 rings (SSSR count). The summed E-state index contributed by atoms with van der Waals surface area (Å²) in [5.74, 6) is -2.08. The summed E-state index contributed by atoms with van der Waals surface area (Å²) in [5.41, 5.74) is -0.0833. The molecule has 1 aromatic rings. The molecular weight excluding hydrogens is 223 g/mol. The average Bonchev–Trinajstić information content (AvgIpc) is 2.27. The van der Waals surface area contributed by atoms with E-state index in [-0.39, 0.29) is 23.7 Å². The van der Waals surface area contributed by atoms with Crippen LogP contribution in [0.4, 0.5) is 10.1 Å². The molecule has 5 heteroatoms. The van der Waals surface area contributed by atoms with Gasteiger partial charge in [-0.05, 0) is 19.1 Å². The molecule has 90 valence electrons. The quantitative estimate of drug-likeness (QED) is 0.870. The van der Waals surface area contributed by atoms with Crippen molar-refractivity contribution in [3.8, 4) is 6.07 Å². The minimum Gasteiger partial charge on any atom is -0.478 e. The smallest absolute Gasteiger partial charge is 0.340 e. The first-order valence-electron chi connectivity index (χ1n) is 5.10. The van der Waals surface area contributed by atoms with Crippen LogP contribution < -0.4 is 4.90 Å². The molecule has 0 aromatic heterocycles. The van der Waals surface area contributed by atoms with E-state index >= 15 is 0 Å². The Kier molecular flexibility index (Phi) is 4.05. The van der Waals surface area contributed by atoms with Crippen molar-refractivity contribution in [2.24, 2.45) is 0 Å². The Morgan fingerprint density at radius 3 is 2.82 bits per heavy atom. The Morgan fingerprint density at radius 2 is 2.29 bits per heavy atom.